The van der Waals surface area contributed by atoms with Gasteiger partial charge in [0.2, 0.25) is 5.91 Å². The summed E-state index contributed by atoms with van der Waals surface area (Å²) in [5, 5.41) is 11.5. The zero-order chi connectivity index (χ0) is 16.8. The molecule has 0 aliphatic carbocycles. The van der Waals surface area contributed by atoms with Crippen LogP contribution < -0.4 is 10.1 Å². The van der Waals surface area contributed by atoms with Crippen LogP contribution in [-0.4, -0.2) is 48.3 Å². The van der Waals surface area contributed by atoms with Crippen molar-refractivity contribution in [2.45, 2.75) is 13.0 Å². The zero-order valence-corrected chi connectivity index (χ0v) is 14.0. The average molecular weight is 339 g/mol. The summed E-state index contributed by atoms with van der Waals surface area (Å²) in [6, 6.07) is 4.76. The molecular formula is C15H19ClN4O3. The molecule has 0 aliphatic rings. The first kappa shape index (κ1) is 17.2. The summed E-state index contributed by atoms with van der Waals surface area (Å²) >= 11 is 6.03. The van der Waals surface area contributed by atoms with Gasteiger partial charge in [0.25, 0.3) is 0 Å². The number of nitrogens with zero attached hydrogens (tertiary/aromatic N) is 3. The number of aromatic nitrogens is 3. The Balaban J connectivity index is 2.17. The SMILES string of the molecule is COCCNC(=O)C(C)n1cc(-c2cc(Cl)ccc2OC)nn1. The van der Waals surface area contributed by atoms with E-state index >= 15 is 0 Å². The van der Waals surface area contributed by atoms with Gasteiger partial charge in [0.1, 0.15) is 17.5 Å². The number of hydrogen-bond donors (Lipinski definition) is 1. The summed E-state index contributed by atoms with van der Waals surface area (Å²) in [6.07, 6.45) is 1.69. The minimum absolute atomic E-state index is 0.156. The van der Waals surface area contributed by atoms with Gasteiger partial charge in [-0.3, -0.25) is 4.79 Å². The van der Waals surface area contributed by atoms with E-state index in [4.69, 9.17) is 21.1 Å². The van der Waals surface area contributed by atoms with Crippen molar-refractivity contribution in [2.75, 3.05) is 27.4 Å². The van der Waals surface area contributed by atoms with E-state index in [-0.39, 0.29) is 5.91 Å². The highest BCUT2D eigenvalue weighted by Crippen LogP contribution is 2.31. The molecule has 0 bridgehead atoms. The Kier molecular flexibility index (Phi) is 5.95. The molecule has 0 saturated carbocycles. The van der Waals surface area contributed by atoms with Crippen molar-refractivity contribution < 1.29 is 14.3 Å². The molecule has 124 valence electrons. The second-order valence-corrected chi connectivity index (χ2v) is 5.32. The summed E-state index contributed by atoms with van der Waals surface area (Å²) < 4.78 is 11.7. The smallest absolute Gasteiger partial charge is 0.244 e. The molecule has 1 amide bonds. The van der Waals surface area contributed by atoms with Gasteiger partial charge in [-0.1, -0.05) is 16.8 Å². The Bertz CT molecular complexity index is 674. The first-order chi connectivity index (χ1) is 11.1. The zero-order valence-electron chi connectivity index (χ0n) is 13.2. The van der Waals surface area contributed by atoms with E-state index in [1.54, 1.807) is 45.5 Å². The molecule has 2 aromatic rings. The van der Waals surface area contributed by atoms with E-state index < -0.39 is 6.04 Å². The molecule has 0 spiro atoms. The molecule has 1 unspecified atom stereocenters. The number of halogens is 1. The summed E-state index contributed by atoms with van der Waals surface area (Å²) in [5.74, 6) is 0.482. The van der Waals surface area contributed by atoms with Crippen LogP contribution in [0, 0.1) is 0 Å². The number of amides is 1. The number of hydrogen-bond acceptors (Lipinski definition) is 5. The lowest BCUT2D eigenvalue weighted by atomic mass is 10.1. The van der Waals surface area contributed by atoms with E-state index in [1.807, 2.05) is 0 Å². The predicted octanol–water partition coefficient (Wildman–Crippen LogP) is 1.93. The number of carbonyl (C=O) groups excluding carboxylic acids is 1. The van der Waals surface area contributed by atoms with Crippen molar-refractivity contribution >= 4 is 17.5 Å². The fourth-order valence-electron chi connectivity index (χ4n) is 2.01. The van der Waals surface area contributed by atoms with Crippen molar-refractivity contribution in [3.63, 3.8) is 0 Å². The van der Waals surface area contributed by atoms with Crippen LogP contribution in [0.4, 0.5) is 0 Å². The van der Waals surface area contributed by atoms with Crippen LogP contribution in [0.15, 0.2) is 24.4 Å². The minimum Gasteiger partial charge on any atom is -0.496 e. The molecule has 1 atom stereocenters. The maximum Gasteiger partial charge on any atom is 0.244 e. The van der Waals surface area contributed by atoms with Crippen LogP contribution >= 0.6 is 11.6 Å². The number of carbonyl (C=O) groups is 1. The molecule has 0 fully saturated rings. The van der Waals surface area contributed by atoms with Gasteiger partial charge in [-0.25, -0.2) is 4.68 Å². The molecule has 1 N–H and O–H groups in total. The number of rotatable bonds is 7. The molecule has 0 aliphatic heterocycles. The summed E-state index contributed by atoms with van der Waals surface area (Å²) in [6.45, 7) is 2.65. The Morgan fingerprint density at radius 2 is 2.22 bits per heavy atom. The first-order valence-electron chi connectivity index (χ1n) is 7.09. The van der Waals surface area contributed by atoms with Crippen LogP contribution in [0.1, 0.15) is 13.0 Å². The van der Waals surface area contributed by atoms with Crippen LogP contribution in [0.3, 0.4) is 0 Å². The largest absolute Gasteiger partial charge is 0.496 e. The maximum atomic E-state index is 12.0. The van der Waals surface area contributed by atoms with Gasteiger partial charge in [0, 0.05) is 24.2 Å². The molecule has 7 nitrogen and oxygen atoms in total. The van der Waals surface area contributed by atoms with Crippen molar-refractivity contribution in [3.8, 4) is 17.0 Å². The number of methoxy groups -OCH3 is 2. The normalized spacial score (nSPS) is 12.0. The third-order valence-corrected chi connectivity index (χ3v) is 3.56. The van der Waals surface area contributed by atoms with Gasteiger partial charge in [-0.15, -0.1) is 5.10 Å². The molecule has 1 heterocycles. The van der Waals surface area contributed by atoms with Crippen molar-refractivity contribution in [1.29, 1.82) is 0 Å². The fraction of sp³-hybridized carbons (Fsp3) is 0.400. The number of nitrogens with one attached hydrogen (secondary N) is 1. The van der Waals surface area contributed by atoms with Gasteiger partial charge in [-0.2, -0.15) is 0 Å². The highest BCUT2D eigenvalue weighted by atomic mass is 35.5. The van der Waals surface area contributed by atoms with Crippen LogP contribution in [-0.2, 0) is 9.53 Å². The van der Waals surface area contributed by atoms with E-state index in [1.165, 1.54) is 4.68 Å². The van der Waals surface area contributed by atoms with Crippen molar-refractivity contribution in [3.05, 3.63) is 29.4 Å². The van der Waals surface area contributed by atoms with Gasteiger partial charge in [-0.05, 0) is 25.1 Å². The lowest BCUT2D eigenvalue weighted by molar-refractivity contribution is -0.124. The lowest BCUT2D eigenvalue weighted by Gasteiger charge is -2.11. The fourth-order valence-corrected chi connectivity index (χ4v) is 2.19. The third-order valence-electron chi connectivity index (χ3n) is 3.33. The third kappa shape index (κ3) is 4.20. The highest BCUT2D eigenvalue weighted by Gasteiger charge is 2.18. The van der Waals surface area contributed by atoms with E-state index in [0.29, 0.717) is 29.6 Å². The lowest BCUT2D eigenvalue weighted by Crippen LogP contribution is -2.33. The van der Waals surface area contributed by atoms with Crippen molar-refractivity contribution in [2.24, 2.45) is 0 Å². The average Bonchev–Trinajstić information content (AvgIpc) is 3.04. The number of ether oxygens (including phenoxy) is 2. The second kappa shape index (κ2) is 7.94. The molecule has 0 radical (unpaired) electrons. The van der Waals surface area contributed by atoms with E-state index in [0.717, 1.165) is 5.56 Å². The van der Waals surface area contributed by atoms with Gasteiger partial charge in [0.15, 0.2) is 0 Å². The Hall–Kier alpha value is -2.12. The first-order valence-corrected chi connectivity index (χ1v) is 7.47. The van der Waals surface area contributed by atoms with Crippen LogP contribution in [0.2, 0.25) is 5.02 Å². The van der Waals surface area contributed by atoms with Gasteiger partial charge >= 0.3 is 0 Å². The molecule has 1 aromatic carbocycles. The van der Waals surface area contributed by atoms with Crippen molar-refractivity contribution in [1.82, 2.24) is 20.3 Å². The Labute approximate surface area is 139 Å². The molecule has 8 heteroatoms. The standard InChI is InChI=1S/C15H19ClN4O3/c1-10(15(21)17-6-7-22-2)20-9-13(18-19-20)12-8-11(16)4-5-14(12)23-3/h4-5,8-10H,6-7H2,1-3H3,(H,17,21). The second-order valence-electron chi connectivity index (χ2n) is 4.89. The molecular weight excluding hydrogens is 320 g/mol. The molecule has 1 aromatic heterocycles. The van der Waals surface area contributed by atoms with Crippen LogP contribution in [0.5, 0.6) is 5.75 Å². The molecule has 23 heavy (non-hydrogen) atoms. The van der Waals surface area contributed by atoms with E-state index in [9.17, 15) is 4.79 Å². The summed E-state index contributed by atoms with van der Waals surface area (Å²) in [7, 11) is 3.15. The molecule has 2 rings (SSSR count). The summed E-state index contributed by atoms with van der Waals surface area (Å²) in [5.41, 5.74) is 1.30. The quantitative estimate of drug-likeness (QED) is 0.780. The number of benzene rings is 1. The molecule has 0 saturated heterocycles. The van der Waals surface area contributed by atoms with Gasteiger partial charge in [0.05, 0.1) is 19.9 Å². The van der Waals surface area contributed by atoms with E-state index in [2.05, 4.69) is 15.6 Å². The summed E-state index contributed by atoms with van der Waals surface area (Å²) in [4.78, 5) is 12.0. The minimum atomic E-state index is -0.488. The highest BCUT2D eigenvalue weighted by molar-refractivity contribution is 6.30. The topological polar surface area (TPSA) is 78.3 Å². The Morgan fingerprint density at radius 3 is 2.91 bits per heavy atom. The predicted molar refractivity (Wildman–Crippen MR) is 86.6 cm³/mol. The van der Waals surface area contributed by atoms with Gasteiger partial charge < -0.3 is 14.8 Å². The van der Waals surface area contributed by atoms with Crippen LogP contribution in [0.25, 0.3) is 11.3 Å². The maximum absolute atomic E-state index is 12.0. The Morgan fingerprint density at radius 1 is 1.43 bits per heavy atom. The monoisotopic (exact) mass is 338 g/mol.